The number of benzene rings is 2. The highest BCUT2D eigenvalue weighted by Gasteiger charge is 2.23. The van der Waals surface area contributed by atoms with E-state index < -0.39 is 0 Å². The largest absolute Gasteiger partial charge is 0.381 e. The number of hydrogen-bond acceptors (Lipinski definition) is 8. The van der Waals surface area contributed by atoms with Crippen molar-refractivity contribution in [3.8, 4) is 11.3 Å². The maximum absolute atomic E-state index is 12.6. The highest BCUT2D eigenvalue weighted by Crippen LogP contribution is 2.52. The molecule has 3 aliphatic heterocycles. The summed E-state index contributed by atoms with van der Waals surface area (Å²) >= 11 is 3.59. The van der Waals surface area contributed by atoms with E-state index >= 15 is 0 Å². The van der Waals surface area contributed by atoms with Crippen LogP contribution in [0.3, 0.4) is 0 Å². The first kappa shape index (κ1) is 25.8. The number of ether oxygens (including phenoxy) is 2. The van der Waals surface area contributed by atoms with E-state index in [1.165, 1.54) is 25.3 Å². The maximum atomic E-state index is 12.6. The number of fused-ring (bicyclic) bond motifs is 2. The molecule has 0 spiro atoms. The average molecular weight is 551 g/mol. The summed E-state index contributed by atoms with van der Waals surface area (Å²) in [4.78, 5) is 25.4. The van der Waals surface area contributed by atoms with Gasteiger partial charge in [0.1, 0.15) is 0 Å². The highest BCUT2D eigenvalue weighted by molar-refractivity contribution is 8.05. The molecule has 2 aromatic carbocycles. The Bertz CT molecular complexity index is 1340. The minimum atomic E-state index is -0.0752. The maximum Gasteiger partial charge on any atom is 0.250 e. The molecule has 1 aromatic heterocycles. The van der Waals surface area contributed by atoms with E-state index in [1.807, 2.05) is 0 Å². The second kappa shape index (κ2) is 11.8. The summed E-state index contributed by atoms with van der Waals surface area (Å²) in [7, 11) is 0. The van der Waals surface area contributed by atoms with Gasteiger partial charge in [-0.15, -0.1) is 0 Å². The molecule has 2 N–H and O–H groups in total. The quantitative estimate of drug-likeness (QED) is 0.333. The second-order valence-electron chi connectivity index (χ2n) is 9.88. The van der Waals surface area contributed by atoms with Gasteiger partial charge >= 0.3 is 0 Å². The molecule has 3 aliphatic rings. The van der Waals surface area contributed by atoms with Crippen molar-refractivity contribution in [3.05, 3.63) is 58.9 Å². The summed E-state index contributed by atoms with van der Waals surface area (Å²) < 4.78 is 11.0. The summed E-state index contributed by atoms with van der Waals surface area (Å²) in [6, 6.07) is 17.3. The number of nitrogens with one attached hydrogen (secondary N) is 2. The lowest BCUT2D eigenvalue weighted by atomic mass is 10.1. The molecule has 1 unspecified atom stereocenters. The third-order valence-electron chi connectivity index (χ3n) is 7.30. The van der Waals surface area contributed by atoms with E-state index in [-0.39, 0.29) is 5.56 Å². The minimum absolute atomic E-state index is 0.0752. The Morgan fingerprint density at radius 2 is 1.71 bits per heavy atom. The van der Waals surface area contributed by atoms with Crippen molar-refractivity contribution in [2.75, 3.05) is 69.4 Å². The standard InChI is InChI=1S/C29H34N4O3S2/c1-2-20(19-32-8-12-35-13-9-32)30-21-6-7-25-27(16-21)37-26-5-3-4-23(29(26)38-25)24-17-22(18-28(34)31-24)33-10-14-36-15-11-33/h3-7,16-18,20,30H,2,8-15,19H2,1H3,(H,31,34). The zero-order valence-corrected chi connectivity index (χ0v) is 23.3. The van der Waals surface area contributed by atoms with Gasteiger partial charge in [-0.1, -0.05) is 42.6 Å². The van der Waals surface area contributed by atoms with Crippen LogP contribution in [0.1, 0.15) is 13.3 Å². The van der Waals surface area contributed by atoms with Gasteiger partial charge in [0, 0.05) is 81.4 Å². The molecule has 4 heterocycles. The van der Waals surface area contributed by atoms with Crippen LogP contribution >= 0.6 is 23.5 Å². The van der Waals surface area contributed by atoms with E-state index in [4.69, 9.17) is 9.47 Å². The number of nitrogens with zero attached hydrogens (tertiary/aromatic N) is 2. The number of H-pyrrole nitrogens is 1. The van der Waals surface area contributed by atoms with Gasteiger partial charge in [-0.2, -0.15) is 0 Å². The summed E-state index contributed by atoms with van der Waals surface area (Å²) in [5.74, 6) is 0. The van der Waals surface area contributed by atoms with Gasteiger partial charge in [-0.3, -0.25) is 9.69 Å². The fourth-order valence-electron chi connectivity index (χ4n) is 5.19. The SMILES string of the molecule is CCC(CN1CCOCC1)Nc1ccc2c(c1)Sc1cccc(-c3cc(N4CCOCC4)cc(=O)[nH]3)c1S2. The van der Waals surface area contributed by atoms with Gasteiger partial charge in [-0.05, 0) is 36.8 Å². The van der Waals surface area contributed by atoms with Crippen LogP contribution in [0.5, 0.6) is 0 Å². The normalized spacial score (nSPS) is 18.5. The molecule has 200 valence electrons. The van der Waals surface area contributed by atoms with Gasteiger partial charge in [0.15, 0.2) is 0 Å². The molecule has 38 heavy (non-hydrogen) atoms. The smallest absolute Gasteiger partial charge is 0.250 e. The molecule has 6 rings (SSSR count). The van der Waals surface area contributed by atoms with Crippen LogP contribution in [0, 0.1) is 0 Å². The van der Waals surface area contributed by atoms with E-state index in [9.17, 15) is 4.79 Å². The van der Waals surface area contributed by atoms with Crippen LogP contribution in [0.4, 0.5) is 11.4 Å². The minimum Gasteiger partial charge on any atom is -0.381 e. The monoisotopic (exact) mass is 550 g/mol. The molecule has 9 heteroatoms. The van der Waals surface area contributed by atoms with Crippen molar-refractivity contribution in [1.29, 1.82) is 0 Å². The first-order valence-corrected chi connectivity index (χ1v) is 15.1. The average Bonchev–Trinajstić information content (AvgIpc) is 2.96. The van der Waals surface area contributed by atoms with Crippen LogP contribution in [0.2, 0.25) is 0 Å². The van der Waals surface area contributed by atoms with Crippen LogP contribution in [0.25, 0.3) is 11.3 Å². The van der Waals surface area contributed by atoms with E-state index in [2.05, 4.69) is 69.5 Å². The topological polar surface area (TPSA) is 69.8 Å². The van der Waals surface area contributed by atoms with Crippen molar-refractivity contribution < 1.29 is 9.47 Å². The van der Waals surface area contributed by atoms with E-state index in [1.54, 1.807) is 29.6 Å². The van der Waals surface area contributed by atoms with Gasteiger partial charge < -0.3 is 24.7 Å². The van der Waals surface area contributed by atoms with Gasteiger partial charge in [0.25, 0.3) is 0 Å². The van der Waals surface area contributed by atoms with Crippen molar-refractivity contribution in [2.24, 2.45) is 0 Å². The van der Waals surface area contributed by atoms with Crippen LogP contribution in [-0.2, 0) is 9.47 Å². The lowest BCUT2D eigenvalue weighted by molar-refractivity contribution is 0.0360. The third kappa shape index (κ3) is 5.77. The Morgan fingerprint density at radius 1 is 0.921 bits per heavy atom. The number of hydrogen-bond donors (Lipinski definition) is 2. The highest BCUT2D eigenvalue weighted by atomic mass is 32.2. The summed E-state index contributed by atoms with van der Waals surface area (Å²) in [5, 5.41) is 3.77. The Kier molecular flexibility index (Phi) is 7.99. The molecule has 0 bridgehead atoms. The predicted molar refractivity (Wildman–Crippen MR) is 155 cm³/mol. The Hall–Kier alpha value is -2.43. The Labute approximate surface area is 232 Å². The van der Waals surface area contributed by atoms with E-state index in [0.717, 1.165) is 69.3 Å². The number of morpholine rings is 2. The van der Waals surface area contributed by atoms with Crippen LogP contribution in [-0.4, -0.2) is 75.1 Å². The first-order chi connectivity index (χ1) is 18.7. The van der Waals surface area contributed by atoms with Gasteiger partial charge in [-0.25, -0.2) is 0 Å². The fourth-order valence-corrected chi connectivity index (χ4v) is 7.60. The van der Waals surface area contributed by atoms with Crippen LogP contribution < -0.4 is 15.8 Å². The molecule has 7 nitrogen and oxygen atoms in total. The number of anilines is 2. The molecule has 0 radical (unpaired) electrons. The molecule has 0 aliphatic carbocycles. The van der Waals surface area contributed by atoms with Gasteiger partial charge in [0.05, 0.1) is 32.1 Å². The fraction of sp³-hybridized carbons (Fsp3) is 0.414. The van der Waals surface area contributed by atoms with Crippen molar-refractivity contribution in [1.82, 2.24) is 9.88 Å². The Morgan fingerprint density at radius 3 is 2.50 bits per heavy atom. The molecule has 2 fully saturated rings. The van der Waals surface area contributed by atoms with Gasteiger partial charge in [0.2, 0.25) is 5.56 Å². The molecule has 0 amide bonds. The lowest BCUT2D eigenvalue weighted by Gasteiger charge is -2.31. The molecular formula is C29H34N4O3S2. The summed E-state index contributed by atoms with van der Waals surface area (Å²) in [5.41, 5.74) is 3.97. The zero-order chi connectivity index (χ0) is 25.9. The number of aromatic nitrogens is 1. The first-order valence-electron chi connectivity index (χ1n) is 13.4. The number of aromatic amines is 1. The predicted octanol–water partition coefficient (Wildman–Crippen LogP) is 5.02. The summed E-state index contributed by atoms with van der Waals surface area (Å²) in [6.45, 7) is 9.94. The van der Waals surface area contributed by atoms with Crippen molar-refractivity contribution in [3.63, 3.8) is 0 Å². The number of rotatable bonds is 7. The Balaban J connectivity index is 1.22. The molecule has 1 atom stereocenters. The number of pyridine rings is 1. The molecule has 3 aromatic rings. The summed E-state index contributed by atoms with van der Waals surface area (Å²) in [6.07, 6.45) is 1.07. The van der Waals surface area contributed by atoms with Crippen molar-refractivity contribution >= 4 is 34.9 Å². The molecule has 0 saturated carbocycles. The lowest BCUT2D eigenvalue weighted by Crippen LogP contribution is -2.43. The van der Waals surface area contributed by atoms with E-state index in [0.29, 0.717) is 19.3 Å². The third-order valence-corrected chi connectivity index (χ3v) is 9.89. The van der Waals surface area contributed by atoms with Crippen LogP contribution in [0.15, 0.2) is 72.9 Å². The molecular weight excluding hydrogens is 516 g/mol. The van der Waals surface area contributed by atoms with Crippen molar-refractivity contribution in [2.45, 2.75) is 39.0 Å². The second-order valence-corrected chi connectivity index (χ2v) is 12.0. The molecule has 2 saturated heterocycles. The zero-order valence-electron chi connectivity index (χ0n) is 21.7.